The van der Waals surface area contributed by atoms with E-state index in [1.165, 1.54) is 0 Å². The van der Waals surface area contributed by atoms with Gasteiger partial charge in [-0.1, -0.05) is 0 Å². The van der Waals surface area contributed by atoms with Gasteiger partial charge >= 0.3 is 6.18 Å². The summed E-state index contributed by atoms with van der Waals surface area (Å²) >= 11 is 0. The van der Waals surface area contributed by atoms with Gasteiger partial charge in [-0.25, -0.2) is 0 Å². The monoisotopic (exact) mass is 236 g/mol. The lowest BCUT2D eigenvalue weighted by atomic mass is 9.75. The number of carbonyl (C=O) groups is 1. The van der Waals surface area contributed by atoms with Crippen LogP contribution in [0.25, 0.3) is 0 Å². The summed E-state index contributed by atoms with van der Waals surface area (Å²) in [6, 6.07) is 0. The van der Waals surface area contributed by atoms with E-state index in [-0.39, 0.29) is 31.6 Å². The van der Waals surface area contributed by atoms with Crippen LogP contribution in [0.15, 0.2) is 0 Å². The second-order valence-electron chi connectivity index (χ2n) is 4.58. The molecule has 2 rings (SSSR count). The Kier molecular flexibility index (Phi) is 2.86. The standard InChI is InChI=1S/C10H15F3N2O/c11-10(12,13)7-1-3-9(4-2-7)8(16)14-5-6-15-9/h7,15H,1-6H2,(H,14,16). The molecule has 0 aromatic carbocycles. The Labute approximate surface area is 91.8 Å². The van der Waals surface area contributed by atoms with Crippen molar-refractivity contribution in [3.05, 3.63) is 0 Å². The van der Waals surface area contributed by atoms with Gasteiger partial charge in [-0.2, -0.15) is 13.2 Å². The van der Waals surface area contributed by atoms with E-state index in [9.17, 15) is 18.0 Å². The number of hydrogen-bond acceptors (Lipinski definition) is 2. The average molecular weight is 236 g/mol. The van der Waals surface area contributed by atoms with Crippen molar-refractivity contribution in [3.63, 3.8) is 0 Å². The molecule has 1 saturated heterocycles. The molecule has 92 valence electrons. The van der Waals surface area contributed by atoms with Crippen LogP contribution in [0.2, 0.25) is 0 Å². The maximum atomic E-state index is 12.5. The van der Waals surface area contributed by atoms with Gasteiger partial charge in [-0.05, 0) is 25.7 Å². The van der Waals surface area contributed by atoms with E-state index in [0.29, 0.717) is 13.1 Å². The number of rotatable bonds is 0. The van der Waals surface area contributed by atoms with E-state index in [0.717, 1.165) is 0 Å². The zero-order chi connectivity index (χ0) is 11.8. The fourth-order valence-corrected chi connectivity index (χ4v) is 2.57. The van der Waals surface area contributed by atoms with Crippen molar-refractivity contribution in [3.8, 4) is 0 Å². The molecule has 0 radical (unpaired) electrons. The summed E-state index contributed by atoms with van der Waals surface area (Å²) < 4.78 is 37.4. The fraction of sp³-hybridized carbons (Fsp3) is 0.900. The van der Waals surface area contributed by atoms with Crippen LogP contribution in [0.5, 0.6) is 0 Å². The van der Waals surface area contributed by atoms with Crippen molar-refractivity contribution in [1.29, 1.82) is 0 Å². The van der Waals surface area contributed by atoms with Crippen LogP contribution in [0, 0.1) is 5.92 Å². The van der Waals surface area contributed by atoms with Gasteiger partial charge < -0.3 is 10.6 Å². The molecule has 1 aliphatic carbocycles. The number of hydrogen-bond donors (Lipinski definition) is 2. The Bertz CT molecular complexity index is 282. The molecule has 3 nitrogen and oxygen atoms in total. The molecule has 6 heteroatoms. The summed E-state index contributed by atoms with van der Waals surface area (Å²) in [5, 5.41) is 5.79. The van der Waals surface area contributed by atoms with Gasteiger partial charge in [-0.3, -0.25) is 4.79 Å². The van der Waals surface area contributed by atoms with E-state index in [1.54, 1.807) is 0 Å². The molecule has 1 saturated carbocycles. The maximum absolute atomic E-state index is 12.5. The molecular weight excluding hydrogens is 221 g/mol. The van der Waals surface area contributed by atoms with Crippen molar-refractivity contribution in [2.45, 2.75) is 37.4 Å². The average Bonchev–Trinajstić information content (AvgIpc) is 2.22. The zero-order valence-corrected chi connectivity index (χ0v) is 8.86. The highest BCUT2D eigenvalue weighted by Crippen LogP contribution is 2.41. The van der Waals surface area contributed by atoms with Gasteiger partial charge in [0.1, 0.15) is 0 Å². The summed E-state index contributed by atoms with van der Waals surface area (Å²) in [6.45, 7) is 1.20. The number of nitrogens with one attached hydrogen (secondary N) is 2. The minimum atomic E-state index is -4.12. The lowest BCUT2D eigenvalue weighted by Crippen LogP contribution is -2.64. The summed E-state index contributed by atoms with van der Waals surface area (Å²) in [4.78, 5) is 11.7. The largest absolute Gasteiger partial charge is 0.391 e. The smallest absolute Gasteiger partial charge is 0.353 e. The lowest BCUT2D eigenvalue weighted by Gasteiger charge is -2.42. The highest BCUT2D eigenvalue weighted by molar-refractivity contribution is 5.87. The molecule has 1 aliphatic heterocycles. The Morgan fingerprint density at radius 1 is 1.19 bits per heavy atom. The molecule has 2 aliphatic rings. The number of alkyl halides is 3. The summed E-state index contributed by atoms with van der Waals surface area (Å²) in [6.07, 6.45) is -3.47. The zero-order valence-electron chi connectivity index (χ0n) is 8.86. The SMILES string of the molecule is O=C1NCCNC12CCC(C(F)(F)F)CC2. The number of amides is 1. The molecule has 1 heterocycles. The van der Waals surface area contributed by atoms with Crippen LogP contribution in [0.3, 0.4) is 0 Å². The first kappa shape index (κ1) is 11.7. The quantitative estimate of drug-likeness (QED) is 0.663. The van der Waals surface area contributed by atoms with Crippen molar-refractivity contribution in [1.82, 2.24) is 10.6 Å². The van der Waals surface area contributed by atoms with Crippen LogP contribution in [-0.2, 0) is 4.79 Å². The second-order valence-corrected chi connectivity index (χ2v) is 4.58. The van der Waals surface area contributed by atoms with Crippen LogP contribution in [0.4, 0.5) is 13.2 Å². The van der Waals surface area contributed by atoms with E-state index in [2.05, 4.69) is 10.6 Å². The Morgan fingerprint density at radius 2 is 1.81 bits per heavy atom. The second kappa shape index (κ2) is 3.91. The van der Waals surface area contributed by atoms with Gasteiger partial charge in [-0.15, -0.1) is 0 Å². The van der Waals surface area contributed by atoms with Gasteiger partial charge in [0.2, 0.25) is 5.91 Å². The summed E-state index contributed by atoms with van der Waals surface area (Å²) in [7, 11) is 0. The van der Waals surface area contributed by atoms with E-state index in [1.807, 2.05) is 0 Å². The molecule has 1 amide bonds. The normalized spacial score (nSPS) is 36.2. The predicted octanol–water partition coefficient (Wildman–Crippen LogP) is 1.20. The highest BCUT2D eigenvalue weighted by atomic mass is 19.4. The summed E-state index contributed by atoms with van der Waals surface area (Å²) in [5.41, 5.74) is -0.736. The third-order valence-corrected chi connectivity index (χ3v) is 3.61. The molecule has 0 atom stereocenters. The minimum absolute atomic E-state index is 0.0456. The van der Waals surface area contributed by atoms with E-state index >= 15 is 0 Å². The Morgan fingerprint density at radius 3 is 2.31 bits per heavy atom. The maximum Gasteiger partial charge on any atom is 0.391 e. The molecule has 2 N–H and O–H groups in total. The first-order valence-electron chi connectivity index (χ1n) is 5.54. The molecule has 2 fully saturated rings. The molecular formula is C10H15F3N2O. The third-order valence-electron chi connectivity index (χ3n) is 3.61. The van der Waals surface area contributed by atoms with Crippen molar-refractivity contribution in [2.75, 3.05) is 13.1 Å². The van der Waals surface area contributed by atoms with Crippen LogP contribution >= 0.6 is 0 Å². The molecule has 0 aromatic heterocycles. The molecule has 16 heavy (non-hydrogen) atoms. The first-order valence-corrected chi connectivity index (χ1v) is 5.54. The number of piperazine rings is 1. The highest BCUT2D eigenvalue weighted by Gasteiger charge is 2.49. The number of halogens is 3. The topological polar surface area (TPSA) is 41.1 Å². The molecule has 1 spiro atoms. The van der Waals surface area contributed by atoms with E-state index in [4.69, 9.17) is 0 Å². The van der Waals surface area contributed by atoms with Crippen molar-refractivity contribution < 1.29 is 18.0 Å². The third kappa shape index (κ3) is 2.03. The van der Waals surface area contributed by atoms with Crippen LogP contribution < -0.4 is 10.6 Å². The molecule has 0 bridgehead atoms. The first-order chi connectivity index (χ1) is 7.44. The van der Waals surface area contributed by atoms with Gasteiger partial charge in [0.15, 0.2) is 0 Å². The Balaban J connectivity index is 2.00. The molecule has 0 aromatic rings. The van der Waals surface area contributed by atoms with Crippen molar-refractivity contribution >= 4 is 5.91 Å². The van der Waals surface area contributed by atoms with Gasteiger partial charge in [0.05, 0.1) is 11.5 Å². The van der Waals surface area contributed by atoms with Gasteiger partial charge in [0.25, 0.3) is 0 Å². The van der Waals surface area contributed by atoms with Gasteiger partial charge in [0, 0.05) is 13.1 Å². The number of carbonyl (C=O) groups excluding carboxylic acids is 1. The molecule has 0 unspecified atom stereocenters. The Hall–Kier alpha value is -0.780. The summed E-state index contributed by atoms with van der Waals surface area (Å²) in [5.74, 6) is -1.38. The van der Waals surface area contributed by atoms with Crippen LogP contribution in [0.1, 0.15) is 25.7 Å². The predicted molar refractivity (Wildman–Crippen MR) is 51.8 cm³/mol. The van der Waals surface area contributed by atoms with Crippen LogP contribution in [-0.4, -0.2) is 30.7 Å². The fourth-order valence-electron chi connectivity index (χ4n) is 2.57. The van der Waals surface area contributed by atoms with Crippen molar-refractivity contribution in [2.24, 2.45) is 5.92 Å². The van der Waals surface area contributed by atoms with E-state index < -0.39 is 17.6 Å². The minimum Gasteiger partial charge on any atom is -0.353 e. The lowest BCUT2D eigenvalue weighted by molar-refractivity contribution is -0.186.